The van der Waals surface area contributed by atoms with E-state index in [0.717, 1.165) is 19.6 Å². The first-order valence-corrected chi connectivity index (χ1v) is 5.07. The molecule has 4 nitrogen and oxygen atoms in total. The lowest BCUT2D eigenvalue weighted by Gasteiger charge is -2.25. The molecular formula is C8H10N2O2S. The highest BCUT2D eigenvalue weighted by Crippen LogP contribution is 2.08. The molecule has 70 valence electrons. The number of carbonyl (C=O) groups excluding carboxylic acids is 1. The van der Waals surface area contributed by atoms with Gasteiger partial charge in [-0.25, -0.2) is 4.98 Å². The summed E-state index contributed by atoms with van der Waals surface area (Å²) in [4.78, 5) is 17.3. The van der Waals surface area contributed by atoms with Gasteiger partial charge >= 0.3 is 0 Å². The van der Waals surface area contributed by atoms with Gasteiger partial charge in [0.05, 0.1) is 12.1 Å². The van der Waals surface area contributed by atoms with Gasteiger partial charge in [-0.1, -0.05) is 0 Å². The summed E-state index contributed by atoms with van der Waals surface area (Å²) in [5, 5.41) is 1.76. The van der Waals surface area contributed by atoms with Crippen molar-refractivity contribution in [2.75, 3.05) is 19.9 Å². The second kappa shape index (κ2) is 3.85. The third-order valence-corrected chi connectivity index (χ3v) is 2.49. The number of ether oxygens (including phenoxy) is 1. The second-order valence-electron chi connectivity index (χ2n) is 2.83. The molecule has 1 aromatic rings. The molecule has 0 radical (unpaired) electrons. The van der Waals surface area contributed by atoms with Crippen molar-refractivity contribution in [1.29, 1.82) is 0 Å². The fraction of sp³-hybridized carbons (Fsp3) is 0.500. The third-order valence-electron chi connectivity index (χ3n) is 1.90. The molecule has 2 rings (SSSR count). The number of hydrogen-bond acceptors (Lipinski definition) is 4. The van der Waals surface area contributed by atoms with Gasteiger partial charge in [0.1, 0.15) is 12.4 Å². The topological polar surface area (TPSA) is 42.4 Å². The van der Waals surface area contributed by atoms with Crippen LogP contribution in [0.4, 0.5) is 0 Å². The minimum absolute atomic E-state index is 0.0269. The number of nitrogens with zero attached hydrogens (tertiary/aromatic N) is 2. The van der Waals surface area contributed by atoms with Gasteiger partial charge in [0, 0.05) is 11.9 Å². The molecule has 1 aliphatic heterocycles. The van der Waals surface area contributed by atoms with E-state index in [4.69, 9.17) is 4.74 Å². The predicted molar refractivity (Wildman–Crippen MR) is 48.6 cm³/mol. The molecule has 0 atom stereocenters. The monoisotopic (exact) mass is 198 g/mol. The molecule has 0 spiro atoms. The Morgan fingerprint density at radius 2 is 2.62 bits per heavy atom. The first-order valence-electron chi connectivity index (χ1n) is 4.13. The van der Waals surface area contributed by atoms with E-state index in [0.29, 0.717) is 12.4 Å². The fourth-order valence-corrected chi connectivity index (χ4v) is 1.76. The Morgan fingerprint density at radius 3 is 3.23 bits per heavy atom. The van der Waals surface area contributed by atoms with Gasteiger partial charge in [-0.2, -0.15) is 0 Å². The molecule has 1 saturated heterocycles. The van der Waals surface area contributed by atoms with Crippen LogP contribution in [0, 0.1) is 0 Å². The summed E-state index contributed by atoms with van der Waals surface area (Å²) in [7, 11) is 0. The summed E-state index contributed by atoms with van der Waals surface area (Å²) < 4.78 is 5.18. The van der Waals surface area contributed by atoms with Gasteiger partial charge in [0.15, 0.2) is 0 Å². The minimum Gasteiger partial charge on any atom is -0.361 e. The van der Waals surface area contributed by atoms with E-state index >= 15 is 0 Å². The largest absolute Gasteiger partial charge is 0.361 e. The van der Waals surface area contributed by atoms with E-state index in [2.05, 4.69) is 4.98 Å². The second-order valence-corrected chi connectivity index (χ2v) is 3.55. The molecule has 1 fully saturated rings. The summed E-state index contributed by atoms with van der Waals surface area (Å²) in [6.07, 6.45) is 0.913. The normalized spacial score (nSPS) is 17.4. The molecule has 1 aliphatic rings. The molecular weight excluding hydrogens is 188 g/mol. The Balaban J connectivity index is 2.04. The van der Waals surface area contributed by atoms with Crippen LogP contribution in [0.3, 0.4) is 0 Å². The van der Waals surface area contributed by atoms with Crippen LogP contribution in [-0.4, -0.2) is 35.7 Å². The first-order chi connectivity index (χ1) is 6.38. The summed E-state index contributed by atoms with van der Waals surface area (Å²) in [5.41, 5.74) is 2.19. The molecule has 0 bridgehead atoms. The molecule has 0 unspecified atom stereocenters. The lowest BCUT2D eigenvalue weighted by Crippen LogP contribution is -2.38. The Hall–Kier alpha value is -0.940. The lowest BCUT2D eigenvalue weighted by molar-refractivity contribution is -0.00599. The van der Waals surface area contributed by atoms with E-state index in [9.17, 15) is 4.79 Å². The van der Waals surface area contributed by atoms with E-state index in [1.54, 1.807) is 15.8 Å². The highest BCUT2D eigenvalue weighted by Gasteiger charge is 2.19. The van der Waals surface area contributed by atoms with E-state index in [1.165, 1.54) is 11.3 Å². The maximum absolute atomic E-state index is 11.7. The molecule has 0 saturated carbocycles. The Kier molecular flexibility index (Phi) is 2.56. The minimum atomic E-state index is -0.0269. The van der Waals surface area contributed by atoms with E-state index in [1.807, 2.05) is 0 Å². The van der Waals surface area contributed by atoms with Crippen molar-refractivity contribution < 1.29 is 9.53 Å². The predicted octanol–water partition coefficient (Wildman–Crippen LogP) is 0.963. The Bertz CT molecular complexity index is 280. The molecule has 2 heterocycles. The van der Waals surface area contributed by atoms with Crippen molar-refractivity contribution in [3.05, 3.63) is 16.6 Å². The van der Waals surface area contributed by atoms with Crippen LogP contribution in [0.5, 0.6) is 0 Å². The van der Waals surface area contributed by atoms with Crippen LogP contribution in [0.1, 0.15) is 16.9 Å². The fourth-order valence-electron chi connectivity index (χ4n) is 1.24. The van der Waals surface area contributed by atoms with Crippen LogP contribution in [0.15, 0.2) is 10.9 Å². The van der Waals surface area contributed by atoms with Gasteiger partial charge in [0.25, 0.3) is 5.91 Å². The molecule has 5 heteroatoms. The SMILES string of the molecule is O=C(c1cscn1)N1CCCOC1. The van der Waals surface area contributed by atoms with Gasteiger partial charge < -0.3 is 9.64 Å². The van der Waals surface area contributed by atoms with Crippen LogP contribution < -0.4 is 0 Å². The number of carbonyl (C=O) groups is 1. The van der Waals surface area contributed by atoms with Crippen molar-refractivity contribution in [3.8, 4) is 0 Å². The highest BCUT2D eigenvalue weighted by molar-refractivity contribution is 7.07. The summed E-state index contributed by atoms with van der Waals surface area (Å²) in [6.45, 7) is 1.92. The zero-order valence-corrected chi connectivity index (χ0v) is 7.92. The number of thiazole rings is 1. The number of aromatic nitrogens is 1. The molecule has 0 N–H and O–H groups in total. The summed E-state index contributed by atoms with van der Waals surface area (Å²) >= 11 is 1.43. The van der Waals surface area contributed by atoms with Gasteiger partial charge in [-0.05, 0) is 6.42 Å². The molecule has 0 aliphatic carbocycles. The van der Waals surface area contributed by atoms with Crippen LogP contribution in [-0.2, 0) is 4.74 Å². The number of hydrogen-bond donors (Lipinski definition) is 0. The zero-order valence-electron chi connectivity index (χ0n) is 7.10. The van der Waals surface area contributed by atoms with E-state index in [-0.39, 0.29) is 5.91 Å². The van der Waals surface area contributed by atoms with Crippen molar-refractivity contribution >= 4 is 17.2 Å². The Morgan fingerprint density at radius 1 is 1.69 bits per heavy atom. The Labute approximate surface area is 80.1 Å². The highest BCUT2D eigenvalue weighted by atomic mass is 32.1. The quantitative estimate of drug-likeness (QED) is 0.675. The van der Waals surface area contributed by atoms with Crippen LogP contribution in [0.2, 0.25) is 0 Å². The standard InChI is InChI=1S/C8H10N2O2S/c11-8(7-4-13-5-9-7)10-2-1-3-12-6-10/h4-5H,1-3,6H2. The zero-order chi connectivity index (χ0) is 9.10. The van der Waals surface area contributed by atoms with Crippen molar-refractivity contribution in [1.82, 2.24) is 9.88 Å². The third kappa shape index (κ3) is 1.87. The maximum atomic E-state index is 11.7. The number of amides is 1. The van der Waals surface area contributed by atoms with Crippen molar-refractivity contribution in [2.45, 2.75) is 6.42 Å². The van der Waals surface area contributed by atoms with Crippen molar-refractivity contribution in [3.63, 3.8) is 0 Å². The average molecular weight is 198 g/mol. The molecule has 1 aromatic heterocycles. The maximum Gasteiger partial charge on any atom is 0.275 e. The van der Waals surface area contributed by atoms with Gasteiger partial charge in [-0.3, -0.25) is 4.79 Å². The molecule has 1 amide bonds. The summed E-state index contributed by atoms with van der Waals surface area (Å²) in [5.74, 6) is -0.0269. The molecule has 0 aromatic carbocycles. The van der Waals surface area contributed by atoms with Crippen LogP contribution in [0.25, 0.3) is 0 Å². The van der Waals surface area contributed by atoms with Crippen LogP contribution >= 0.6 is 11.3 Å². The molecule has 13 heavy (non-hydrogen) atoms. The first kappa shape index (κ1) is 8.65. The average Bonchev–Trinajstić information content (AvgIpc) is 2.71. The smallest absolute Gasteiger partial charge is 0.275 e. The van der Waals surface area contributed by atoms with Crippen molar-refractivity contribution in [2.24, 2.45) is 0 Å². The van der Waals surface area contributed by atoms with Gasteiger partial charge in [-0.15, -0.1) is 11.3 Å². The van der Waals surface area contributed by atoms with Gasteiger partial charge in [0.2, 0.25) is 0 Å². The number of rotatable bonds is 1. The van der Waals surface area contributed by atoms with E-state index < -0.39 is 0 Å². The summed E-state index contributed by atoms with van der Waals surface area (Å²) in [6, 6.07) is 0. The lowest BCUT2D eigenvalue weighted by atomic mass is 10.3.